The standard InChI is InChI=1S/C18H25NO/c1-13(2)15-5-3-14(4-6-15)11-17(20)16-12-18(16)7-9-19-10-8-18/h3-6,13,16,19H,7-12H2,1-2H3. The molecule has 0 radical (unpaired) electrons. The fourth-order valence-corrected chi connectivity index (χ4v) is 3.62. The van der Waals surface area contributed by atoms with Crippen molar-refractivity contribution in [3.8, 4) is 0 Å². The first-order valence-electron chi connectivity index (χ1n) is 7.93. The molecule has 108 valence electrons. The number of hydrogen-bond donors (Lipinski definition) is 1. The first-order valence-corrected chi connectivity index (χ1v) is 7.93. The largest absolute Gasteiger partial charge is 0.317 e. The summed E-state index contributed by atoms with van der Waals surface area (Å²) in [6.07, 6.45) is 4.14. The zero-order valence-corrected chi connectivity index (χ0v) is 12.6. The van der Waals surface area contributed by atoms with Gasteiger partial charge in [0.05, 0.1) is 0 Å². The number of rotatable bonds is 4. The maximum atomic E-state index is 12.4. The molecule has 2 nitrogen and oxygen atoms in total. The van der Waals surface area contributed by atoms with Gasteiger partial charge in [0.1, 0.15) is 5.78 Å². The molecule has 0 amide bonds. The number of piperidine rings is 1. The molecule has 1 saturated carbocycles. The normalized spacial score (nSPS) is 24.1. The van der Waals surface area contributed by atoms with Crippen molar-refractivity contribution >= 4 is 5.78 Å². The first kappa shape index (κ1) is 13.8. The van der Waals surface area contributed by atoms with Crippen molar-refractivity contribution < 1.29 is 4.79 Å². The Hall–Kier alpha value is -1.15. The van der Waals surface area contributed by atoms with Gasteiger partial charge in [-0.15, -0.1) is 0 Å². The summed E-state index contributed by atoms with van der Waals surface area (Å²) in [5.41, 5.74) is 2.90. The van der Waals surface area contributed by atoms with E-state index in [0.717, 1.165) is 19.5 Å². The third kappa shape index (κ3) is 2.67. The highest BCUT2D eigenvalue weighted by Gasteiger charge is 2.56. The van der Waals surface area contributed by atoms with Crippen LogP contribution in [0.1, 0.15) is 50.2 Å². The SMILES string of the molecule is CC(C)c1ccc(CC(=O)C2CC23CCNCC3)cc1. The predicted molar refractivity (Wildman–Crippen MR) is 81.9 cm³/mol. The van der Waals surface area contributed by atoms with Crippen molar-refractivity contribution in [2.24, 2.45) is 11.3 Å². The summed E-state index contributed by atoms with van der Waals surface area (Å²) in [5.74, 6) is 1.36. The van der Waals surface area contributed by atoms with Gasteiger partial charge in [0.2, 0.25) is 0 Å². The van der Waals surface area contributed by atoms with E-state index in [9.17, 15) is 4.79 Å². The van der Waals surface area contributed by atoms with E-state index >= 15 is 0 Å². The Labute approximate surface area is 122 Å². The minimum absolute atomic E-state index is 0.342. The van der Waals surface area contributed by atoms with Crippen molar-refractivity contribution in [2.75, 3.05) is 13.1 Å². The molecule has 2 heteroatoms. The molecule has 1 aromatic carbocycles. The Morgan fingerprint density at radius 1 is 1.25 bits per heavy atom. The van der Waals surface area contributed by atoms with E-state index in [1.807, 2.05) is 0 Å². The highest BCUT2D eigenvalue weighted by molar-refractivity contribution is 5.86. The van der Waals surface area contributed by atoms with Crippen LogP contribution in [0.2, 0.25) is 0 Å². The Morgan fingerprint density at radius 2 is 1.90 bits per heavy atom. The van der Waals surface area contributed by atoms with E-state index in [1.54, 1.807) is 0 Å². The number of Topliss-reactive ketones (excluding diaryl/α,β-unsaturated/α-hetero) is 1. The third-order valence-electron chi connectivity index (χ3n) is 5.20. The zero-order valence-electron chi connectivity index (χ0n) is 12.6. The summed E-state index contributed by atoms with van der Waals surface area (Å²) < 4.78 is 0. The molecule has 1 spiro atoms. The van der Waals surface area contributed by atoms with Crippen molar-refractivity contribution in [2.45, 2.75) is 45.4 Å². The molecule has 20 heavy (non-hydrogen) atoms. The molecular formula is C18H25NO. The third-order valence-corrected chi connectivity index (χ3v) is 5.20. The minimum atomic E-state index is 0.342. The molecule has 1 atom stereocenters. The smallest absolute Gasteiger partial charge is 0.140 e. The number of carbonyl (C=O) groups is 1. The molecule has 1 saturated heterocycles. The molecule has 0 aromatic heterocycles. The average molecular weight is 271 g/mol. The number of carbonyl (C=O) groups excluding carboxylic acids is 1. The lowest BCUT2D eigenvalue weighted by Gasteiger charge is -2.23. The number of nitrogens with one attached hydrogen (secondary N) is 1. The van der Waals surface area contributed by atoms with Crippen LogP contribution in [0, 0.1) is 11.3 Å². The van der Waals surface area contributed by atoms with Gasteiger partial charge >= 0.3 is 0 Å². The Kier molecular flexibility index (Phi) is 3.68. The molecule has 2 fully saturated rings. The average Bonchev–Trinajstić information content (AvgIpc) is 3.14. The molecule has 1 N–H and O–H groups in total. The van der Waals surface area contributed by atoms with E-state index in [4.69, 9.17) is 0 Å². The molecule has 3 rings (SSSR count). The second-order valence-corrected chi connectivity index (χ2v) is 6.91. The first-order chi connectivity index (χ1) is 9.61. The number of ketones is 1. The molecule has 1 aromatic rings. The second-order valence-electron chi connectivity index (χ2n) is 6.91. The molecule has 0 bridgehead atoms. The highest BCUT2D eigenvalue weighted by Crippen LogP contribution is 2.59. The van der Waals surface area contributed by atoms with Gasteiger partial charge in [-0.25, -0.2) is 0 Å². The monoisotopic (exact) mass is 271 g/mol. The van der Waals surface area contributed by atoms with Gasteiger partial charge < -0.3 is 5.32 Å². The van der Waals surface area contributed by atoms with E-state index in [-0.39, 0.29) is 0 Å². The van der Waals surface area contributed by atoms with Crippen LogP contribution in [0.4, 0.5) is 0 Å². The summed E-state index contributed by atoms with van der Waals surface area (Å²) in [5, 5.41) is 3.40. The van der Waals surface area contributed by atoms with Crippen LogP contribution >= 0.6 is 0 Å². The maximum absolute atomic E-state index is 12.4. The summed E-state index contributed by atoms with van der Waals surface area (Å²) in [7, 11) is 0. The van der Waals surface area contributed by atoms with Crippen molar-refractivity contribution in [1.29, 1.82) is 0 Å². The van der Waals surface area contributed by atoms with Gasteiger partial charge in [-0.2, -0.15) is 0 Å². The lowest BCUT2D eigenvalue weighted by Crippen LogP contribution is -2.30. The van der Waals surface area contributed by atoms with Gasteiger partial charge in [0, 0.05) is 12.3 Å². The Balaban J connectivity index is 1.59. The molecule has 1 aliphatic heterocycles. The molecule has 1 heterocycles. The lowest BCUT2D eigenvalue weighted by atomic mass is 9.89. The fraction of sp³-hybridized carbons (Fsp3) is 0.611. The lowest BCUT2D eigenvalue weighted by molar-refractivity contribution is -0.120. The van der Waals surface area contributed by atoms with Crippen LogP contribution in [0.3, 0.4) is 0 Å². The van der Waals surface area contributed by atoms with Gasteiger partial charge in [0.15, 0.2) is 0 Å². The quantitative estimate of drug-likeness (QED) is 0.910. The van der Waals surface area contributed by atoms with Gasteiger partial charge in [-0.1, -0.05) is 38.1 Å². The van der Waals surface area contributed by atoms with Gasteiger partial charge in [-0.05, 0) is 54.8 Å². The maximum Gasteiger partial charge on any atom is 0.140 e. The Bertz CT molecular complexity index is 483. The number of hydrogen-bond acceptors (Lipinski definition) is 2. The van der Waals surface area contributed by atoms with E-state index in [1.165, 1.54) is 24.0 Å². The van der Waals surface area contributed by atoms with E-state index < -0.39 is 0 Å². The van der Waals surface area contributed by atoms with Crippen LogP contribution in [0.15, 0.2) is 24.3 Å². The molecule has 2 aliphatic rings. The van der Waals surface area contributed by atoms with Crippen LogP contribution in [-0.2, 0) is 11.2 Å². The summed E-state index contributed by atoms with van der Waals surface area (Å²) in [6.45, 7) is 6.58. The Morgan fingerprint density at radius 3 is 2.50 bits per heavy atom. The molecular weight excluding hydrogens is 246 g/mol. The summed E-state index contributed by atoms with van der Waals surface area (Å²) in [6, 6.07) is 8.59. The molecule has 1 aliphatic carbocycles. The minimum Gasteiger partial charge on any atom is -0.317 e. The second kappa shape index (κ2) is 5.33. The topological polar surface area (TPSA) is 29.1 Å². The van der Waals surface area contributed by atoms with Gasteiger partial charge in [-0.3, -0.25) is 4.79 Å². The van der Waals surface area contributed by atoms with E-state index in [0.29, 0.717) is 29.5 Å². The predicted octanol–water partition coefficient (Wildman–Crippen LogP) is 3.31. The molecule has 1 unspecified atom stereocenters. The van der Waals surface area contributed by atoms with Crippen LogP contribution in [-0.4, -0.2) is 18.9 Å². The van der Waals surface area contributed by atoms with Gasteiger partial charge in [0.25, 0.3) is 0 Å². The number of benzene rings is 1. The van der Waals surface area contributed by atoms with Crippen LogP contribution in [0.5, 0.6) is 0 Å². The highest BCUT2D eigenvalue weighted by atomic mass is 16.1. The summed E-state index contributed by atoms with van der Waals surface area (Å²) in [4.78, 5) is 12.4. The fourth-order valence-electron chi connectivity index (χ4n) is 3.62. The van der Waals surface area contributed by atoms with Crippen LogP contribution < -0.4 is 5.32 Å². The summed E-state index contributed by atoms with van der Waals surface area (Å²) >= 11 is 0. The van der Waals surface area contributed by atoms with Crippen molar-refractivity contribution in [3.63, 3.8) is 0 Å². The zero-order chi connectivity index (χ0) is 14.2. The van der Waals surface area contributed by atoms with E-state index in [2.05, 4.69) is 43.4 Å². The van der Waals surface area contributed by atoms with Crippen molar-refractivity contribution in [3.05, 3.63) is 35.4 Å². The van der Waals surface area contributed by atoms with Crippen molar-refractivity contribution in [1.82, 2.24) is 5.32 Å². The van der Waals surface area contributed by atoms with Crippen LogP contribution in [0.25, 0.3) is 0 Å².